The molecule has 0 unspecified atom stereocenters. The second-order valence-electron chi connectivity index (χ2n) is 4.11. The van der Waals surface area contributed by atoms with Crippen LogP contribution >= 0.6 is 12.4 Å². The topological polar surface area (TPSA) is 112 Å². The van der Waals surface area contributed by atoms with Gasteiger partial charge >= 0.3 is 0 Å². The van der Waals surface area contributed by atoms with E-state index in [2.05, 4.69) is 5.32 Å². The van der Waals surface area contributed by atoms with Gasteiger partial charge in [-0.2, -0.15) is 0 Å². The number of hydrogen-bond donors (Lipinski definition) is 5. The third-order valence-corrected chi connectivity index (χ3v) is 2.68. The van der Waals surface area contributed by atoms with Gasteiger partial charge in [0.05, 0.1) is 0 Å². The van der Waals surface area contributed by atoms with E-state index in [1.165, 1.54) is 0 Å². The molecule has 2 rings (SSSR count). The molecule has 0 bridgehead atoms. The fourth-order valence-corrected chi connectivity index (χ4v) is 1.63. The van der Waals surface area contributed by atoms with Crippen LogP contribution in [0, 0.1) is 10.8 Å². The molecule has 7 N–H and O–H groups in total. The lowest BCUT2D eigenvalue weighted by molar-refractivity contribution is 1.41. The molecule has 0 saturated heterocycles. The normalized spacial score (nSPS) is 9.40. The van der Waals surface area contributed by atoms with Crippen molar-refractivity contribution in [1.82, 2.24) is 0 Å². The summed E-state index contributed by atoms with van der Waals surface area (Å²) in [6.07, 6.45) is 0. The molecule has 0 aliphatic carbocycles. The van der Waals surface area contributed by atoms with E-state index in [0.29, 0.717) is 11.1 Å². The van der Waals surface area contributed by atoms with Crippen molar-refractivity contribution in [3.63, 3.8) is 0 Å². The van der Waals surface area contributed by atoms with Crippen LogP contribution in [0.4, 0.5) is 11.4 Å². The van der Waals surface area contributed by atoms with E-state index in [9.17, 15) is 0 Å². The molecule has 0 atom stereocenters. The molecule has 20 heavy (non-hydrogen) atoms. The number of amidine groups is 2. The van der Waals surface area contributed by atoms with Gasteiger partial charge in [0.1, 0.15) is 11.7 Å². The van der Waals surface area contributed by atoms with Crippen LogP contribution in [-0.2, 0) is 0 Å². The maximum absolute atomic E-state index is 7.32. The Morgan fingerprint density at radius 3 is 1.25 bits per heavy atom. The predicted octanol–water partition coefficient (Wildman–Crippen LogP) is 2.42. The van der Waals surface area contributed by atoms with Crippen LogP contribution in [0.1, 0.15) is 11.1 Å². The van der Waals surface area contributed by atoms with E-state index >= 15 is 0 Å². The number of nitrogens with one attached hydrogen (secondary N) is 3. The van der Waals surface area contributed by atoms with Crippen molar-refractivity contribution in [3.8, 4) is 0 Å². The molecule has 104 valence electrons. The number of hydrogen-bond acceptors (Lipinski definition) is 3. The standard InChI is InChI=1S/C14H15N5.ClH/c15-13(16)9-1-5-11(6-2-9)19-12-7-3-10(4-8-12)14(17)18;/h1-8,19H,(H3,15,16)(H3,17,18);1H. The molecule has 0 aromatic heterocycles. The summed E-state index contributed by atoms with van der Waals surface area (Å²) in [5.74, 6) is 0.106. The van der Waals surface area contributed by atoms with E-state index in [4.69, 9.17) is 22.3 Å². The lowest BCUT2D eigenvalue weighted by atomic mass is 10.1. The summed E-state index contributed by atoms with van der Waals surface area (Å²) in [7, 11) is 0. The molecule has 0 amide bonds. The average Bonchev–Trinajstić information content (AvgIpc) is 2.40. The van der Waals surface area contributed by atoms with Gasteiger partial charge in [0.2, 0.25) is 0 Å². The Morgan fingerprint density at radius 1 is 0.700 bits per heavy atom. The fraction of sp³-hybridized carbons (Fsp3) is 0. The van der Waals surface area contributed by atoms with E-state index < -0.39 is 0 Å². The van der Waals surface area contributed by atoms with E-state index in [1.54, 1.807) is 24.3 Å². The molecule has 2 aromatic rings. The van der Waals surface area contributed by atoms with Crippen molar-refractivity contribution in [3.05, 3.63) is 59.7 Å². The smallest absolute Gasteiger partial charge is 0.122 e. The van der Waals surface area contributed by atoms with Crippen LogP contribution in [0.3, 0.4) is 0 Å². The number of halogens is 1. The molecular formula is C14H16ClN5. The zero-order valence-electron chi connectivity index (χ0n) is 10.7. The lowest BCUT2D eigenvalue weighted by Gasteiger charge is -2.08. The lowest BCUT2D eigenvalue weighted by Crippen LogP contribution is -2.11. The molecule has 0 saturated carbocycles. The molecule has 6 heteroatoms. The highest BCUT2D eigenvalue weighted by molar-refractivity contribution is 5.96. The maximum Gasteiger partial charge on any atom is 0.122 e. The highest BCUT2D eigenvalue weighted by Crippen LogP contribution is 2.17. The first-order chi connectivity index (χ1) is 9.06. The van der Waals surface area contributed by atoms with Crippen molar-refractivity contribution < 1.29 is 0 Å². The molecular weight excluding hydrogens is 274 g/mol. The Hall–Kier alpha value is -2.53. The van der Waals surface area contributed by atoms with Gasteiger partial charge in [-0.3, -0.25) is 10.8 Å². The van der Waals surface area contributed by atoms with E-state index in [1.807, 2.05) is 24.3 Å². The van der Waals surface area contributed by atoms with Gasteiger partial charge in [-0.25, -0.2) is 0 Å². The number of anilines is 2. The van der Waals surface area contributed by atoms with Gasteiger partial charge in [0.25, 0.3) is 0 Å². The van der Waals surface area contributed by atoms with E-state index in [-0.39, 0.29) is 24.1 Å². The van der Waals surface area contributed by atoms with Crippen LogP contribution in [0.25, 0.3) is 0 Å². The molecule has 0 radical (unpaired) electrons. The van der Waals surface area contributed by atoms with Gasteiger partial charge in [-0.15, -0.1) is 12.4 Å². The Morgan fingerprint density at radius 2 is 1.00 bits per heavy atom. The molecule has 0 aliphatic heterocycles. The number of benzene rings is 2. The SMILES string of the molecule is Cl.N=C(N)c1ccc(Nc2ccc(C(=N)N)cc2)cc1. The minimum absolute atomic E-state index is 0. The molecule has 5 nitrogen and oxygen atoms in total. The Labute approximate surface area is 123 Å². The first-order valence-electron chi connectivity index (χ1n) is 5.72. The zero-order chi connectivity index (χ0) is 13.8. The summed E-state index contributed by atoms with van der Waals surface area (Å²) in [4.78, 5) is 0. The first kappa shape index (κ1) is 15.5. The monoisotopic (exact) mass is 289 g/mol. The highest BCUT2D eigenvalue weighted by Gasteiger charge is 1.99. The minimum Gasteiger partial charge on any atom is -0.384 e. The maximum atomic E-state index is 7.32. The number of nitrogens with two attached hydrogens (primary N) is 2. The second kappa shape index (κ2) is 6.58. The Balaban J connectivity index is 0.00000200. The van der Waals surface area contributed by atoms with Gasteiger partial charge in [0, 0.05) is 22.5 Å². The quantitative estimate of drug-likeness (QED) is 0.440. The second-order valence-corrected chi connectivity index (χ2v) is 4.11. The van der Waals surface area contributed by atoms with Gasteiger partial charge < -0.3 is 16.8 Å². The van der Waals surface area contributed by atoms with Crippen molar-refractivity contribution >= 4 is 35.5 Å². The predicted molar refractivity (Wildman–Crippen MR) is 85.4 cm³/mol. The van der Waals surface area contributed by atoms with Crippen molar-refractivity contribution in [2.24, 2.45) is 11.5 Å². The summed E-state index contributed by atoms with van der Waals surface area (Å²) >= 11 is 0. The number of rotatable bonds is 4. The molecule has 0 spiro atoms. The van der Waals surface area contributed by atoms with Gasteiger partial charge in [0.15, 0.2) is 0 Å². The van der Waals surface area contributed by atoms with Crippen LogP contribution in [-0.4, -0.2) is 11.7 Å². The van der Waals surface area contributed by atoms with Crippen LogP contribution in [0.15, 0.2) is 48.5 Å². The van der Waals surface area contributed by atoms with Crippen LogP contribution in [0.5, 0.6) is 0 Å². The summed E-state index contributed by atoms with van der Waals surface area (Å²) in [6, 6.07) is 14.6. The number of nitrogen functional groups attached to an aromatic ring is 2. The molecule has 0 heterocycles. The Kier molecular flexibility index (Phi) is 5.11. The molecule has 2 aromatic carbocycles. The van der Waals surface area contributed by atoms with Gasteiger partial charge in [-0.05, 0) is 48.5 Å². The summed E-state index contributed by atoms with van der Waals surface area (Å²) < 4.78 is 0. The van der Waals surface area contributed by atoms with Gasteiger partial charge in [-0.1, -0.05) is 0 Å². The third-order valence-electron chi connectivity index (χ3n) is 2.68. The zero-order valence-corrected chi connectivity index (χ0v) is 11.5. The van der Waals surface area contributed by atoms with Crippen molar-refractivity contribution in [1.29, 1.82) is 10.8 Å². The first-order valence-corrected chi connectivity index (χ1v) is 5.72. The average molecular weight is 290 g/mol. The minimum atomic E-state index is 0. The Bertz CT molecular complexity index is 549. The summed E-state index contributed by atoms with van der Waals surface area (Å²) in [5.41, 5.74) is 14.0. The summed E-state index contributed by atoms with van der Waals surface area (Å²) in [6.45, 7) is 0. The van der Waals surface area contributed by atoms with Crippen LogP contribution in [0.2, 0.25) is 0 Å². The summed E-state index contributed by atoms with van der Waals surface area (Å²) in [5, 5.41) is 17.8. The molecule has 0 aliphatic rings. The highest BCUT2D eigenvalue weighted by atomic mass is 35.5. The molecule has 0 fully saturated rings. The fourth-order valence-electron chi connectivity index (χ4n) is 1.63. The van der Waals surface area contributed by atoms with E-state index in [0.717, 1.165) is 11.4 Å². The van der Waals surface area contributed by atoms with Crippen molar-refractivity contribution in [2.45, 2.75) is 0 Å². The van der Waals surface area contributed by atoms with Crippen LogP contribution < -0.4 is 16.8 Å². The largest absolute Gasteiger partial charge is 0.384 e. The van der Waals surface area contributed by atoms with Crippen molar-refractivity contribution in [2.75, 3.05) is 5.32 Å². The third kappa shape index (κ3) is 3.73.